The quantitative estimate of drug-likeness (QED) is 0.371. The summed E-state index contributed by atoms with van der Waals surface area (Å²) in [4.78, 5) is 5.75. The lowest BCUT2D eigenvalue weighted by atomic mass is 9.59. The zero-order chi connectivity index (χ0) is 30.3. The fourth-order valence-electron chi connectivity index (χ4n) is 12.1. The number of nitrogens with one attached hydrogen (secondary N) is 2. The number of nitrogens with zero attached hydrogens (tertiary/aromatic N) is 4. The highest BCUT2D eigenvalue weighted by Gasteiger charge is 2.54. The van der Waals surface area contributed by atoms with Crippen LogP contribution in [0.25, 0.3) is 0 Å². The first-order valence-corrected chi connectivity index (χ1v) is 19.5. The predicted molar refractivity (Wildman–Crippen MR) is 180 cm³/mol. The molecular weight excluding hydrogens is 540 g/mol. The summed E-state index contributed by atoms with van der Waals surface area (Å²) in [5.41, 5.74) is 3.88. The molecule has 0 spiro atoms. The second kappa shape index (κ2) is 13.8. The summed E-state index contributed by atoms with van der Waals surface area (Å²) in [6.07, 6.45) is 22.7. The van der Waals surface area contributed by atoms with E-state index in [0.717, 1.165) is 54.1 Å². The first-order valence-electron chi connectivity index (χ1n) is 19.5. The molecule has 3 saturated heterocycles. The molecule has 3 aliphatic heterocycles. The van der Waals surface area contributed by atoms with Gasteiger partial charge in [-0.2, -0.15) is 5.26 Å². The highest BCUT2D eigenvalue weighted by Crippen LogP contribution is 2.50. The average Bonchev–Trinajstić information content (AvgIpc) is 3.42. The maximum Gasteiger partial charge on any atom is 0.0686 e. The number of hydrogen-bond donors (Lipinski definition) is 2. The molecular formula is C38H66N6. The van der Waals surface area contributed by atoms with Gasteiger partial charge in [0, 0.05) is 70.5 Å². The first-order chi connectivity index (χ1) is 21.4. The van der Waals surface area contributed by atoms with Crippen molar-refractivity contribution in [1.29, 1.82) is 5.26 Å². The lowest BCUT2D eigenvalue weighted by Gasteiger charge is -2.51. The van der Waals surface area contributed by atoms with Gasteiger partial charge in [0.1, 0.15) is 0 Å². The van der Waals surface area contributed by atoms with Gasteiger partial charge in [0.15, 0.2) is 0 Å². The van der Waals surface area contributed by atoms with E-state index in [1.165, 1.54) is 135 Å². The third-order valence-corrected chi connectivity index (χ3v) is 14.8. The van der Waals surface area contributed by atoms with Crippen LogP contribution in [-0.4, -0.2) is 85.3 Å². The summed E-state index contributed by atoms with van der Waals surface area (Å²) in [5, 5.41) is 16.3. The Morgan fingerprint density at radius 1 is 0.773 bits per heavy atom. The molecule has 7 rings (SSSR count). The molecule has 248 valence electrons. The average molecular weight is 607 g/mol. The van der Waals surface area contributed by atoms with Gasteiger partial charge in [0.05, 0.1) is 11.5 Å². The van der Waals surface area contributed by atoms with E-state index >= 15 is 0 Å². The summed E-state index contributed by atoms with van der Waals surface area (Å²) in [5.74, 6) is 5.82. The molecule has 0 aromatic heterocycles. The Balaban J connectivity index is 0.951. The highest BCUT2D eigenvalue weighted by molar-refractivity contribution is 5.08. The number of rotatable bonds is 6. The maximum atomic E-state index is 9.75. The first kappa shape index (κ1) is 31.9. The molecule has 6 heteroatoms. The normalized spacial score (nSPS) is 43.7. The maximum absolute atomic E-state index is 9.75. The van der Waals surface area contributed by atoms with Gasteiger partial charge in [-0.1, -0.05) is 32.1 Å². The van der Waals surface area contributed by atoms with Crippen LogP contribution in [0.15, 0.2) is 0 Å². The number of fused-ring (bicyclic) bond motifs is 3. The Morgan fingerprint density at radius 3 is 2.25 bits per heavy atom. The summed E-state index contributed by atoms with van der Waals surface area (Å²) >= 11 is 0. The Bertz CT molecular complexity index is 970. The number of piperazine rings is 1. The van der Waals surface area contributed by atoms with Crippen molar-refractivity contribution in [2.75, 3.05) is 46.3 Å². The van der Waals surface area contributed by atoms with Crippen molar-refractivity contribution < 1.29 is 0 Å². The third kappa shape index (κ3) is 6.66. The number of likely N-dealkylation sites (N-methyl/N-ethyl adjacent to an activating group) is 1. The van der Waals surface area contributed by atoms with E-state index in [0.29, 0.717) is 18.0 Å². The van der Waals surface area contributed by atoms with Gasteiger partial charge < -0.3 is 10.2 Å². The molecule has 8 atom stereocenters. The summed E-state index contributed by atoms with van der Waals surface area (Å²) in [6.45, 7) is 12.2. The molecule has 7 aliphatic rings. The summed E-state index contributed by atoms with van der Waals surface area (Å²) in [6, 6.07) is 5.47. The number of hydrazine groups is 1. The number of hydrogen-bond acceptors (Lipinski definition) is 6. The minimum Gasteiger partial charge on any atom is -0.312 e. The van der Waals surface area contributed by atoms with Crippen LogP contribution in [0.2, 0.25) is 0 Å². The van der Waals surface area contributed by atoms with Crippen molar-refractivity contribution in [3.05, 3.63) is 0 Å². The van der Waals surface area contributed by atoms with Crippen LogP contribution >= 0.6 is 0 Å². The SMILES string of the molecule is CN1NC(C2CCC(C(C)(C)C#N)CC2)C2C3CC(C4CCCC(N5CCN(CC6CCCCC6)CC5)C4)CCC3NCC21. The van der Waals surface area contributed by atoms with Gasteiger partial charge in [-0.3, -0.25) is 10.3 Å². The van der Waals surface area contributed by atoms with E-state index < -0.39 is 0 Å². The zero-order valence-corrected chi connectivity index (χ0v) is 28.7. The molecule has 6 nitrogen and oxygen atoms in total. The summed E-state index contributed by atoms with van der Waals surface area (Å²) in [7, 11) is 2.32. The standard InChI is InChI=1S/C38H66N6/c1-38(2,26-39)31-15-12-28(13-16-31)37-36-33-23-30(14-17-34(33)40-24-35(36)42(3)41-37)29-10-7-11-32(22-29)44-20-18-43(19-21-44)25-27-8-5-4-6-9-27/h27-37,40-41H,4-25H2,1-3H3. The van der Waals surface area contributed by atoms with E-state index in [-0.39, 0.29) is 5.41 Å². The molecule has 0 aromatic carbocycles. The van der Waals surface area contributed by atoms with Gasteiger partial charge >= 0.3 is 0 Å². The van der Waals surface area contributed by atoms with Crippen LogP contribution in [0.5, 0.6) is 0 Å². The smallest absolute Gasteiger partial charge is 0.0686 e. The monoisotopic (exact) mass is 607 g/mol. The third-order valence-electron chi connectivity index (χ3n) is 14.8. The molecule has 3 heterocycles. The van der Waals surface area contributed by atoms with Gasteiger partial charge in [-0.05, 0) is 126 Å². The van der Waals surface area contributed by atoms with Crippen molar-refractivity contribution in [1.82, 2.24) is 25.6 Å². The van der Waals surface area contributed by atoms with Crippen molar-refractivity contribution in [3.8, 4) is 6.07 Å². The van der Waals surface area contributed by atoms with Crippen molar-refractivity contribution in [2.45, 2.75) is 141 Å². The fraction of sp³-hybridized carbons (Fsp3) is 0.974. The molecule has 8 unspecified atom stereocenters. The van der Waals surface area contributed by atoms with Gasteiger partial charge in [0.25, 0.3) is 0 Å². The van der Waals surface area contributed by atoms with Crippen LogP contribution in [0.4, 0.5) is 0 Å². The van der Waals surface area contributed by atoms with Gasteiger partial charge in [-0.25, -0.2) is 5.01 Å². The number of nitriles is 1. The van der Waals surface area contributed by atoms with Crippen molar-refractivity contribution in [2.24, 2.45) is 46.8 Å². The van der Waals surface area contributed by atoms with E-state index in [4.69, 9.17) is 0 Å². The van der Waals surface area contributed by atoms with Crippen molar-refractivity contribution >= 4 is 0 Å². The Kier molecular flexibility index (Phi) is 9.99. The van der Waals surface area contributed by atoms with Crippen LogP contribution in [0.1, 0.15) is 117 Å². The van der Waals surface area contributed by atoms with E-state index in [2.05, 4.69) is 52.5 Å². The largest absolute Gasteiger partial charge is 0.312 e. The van der Waals surface area contributed by atoms with Crippen molar-refractivity contribution in [3.63, 3.8) is 0 Å². The lowest BCUT2D eigenvalue weighted by Crippen LogP contribution is -2.59. The minimum atomic E-state index is -0.176. The Morgan fingerprint density at radius 2 is 1.50 bits per heavy atom. The molecule has 4 saturated carbocycles. The summed E-state index contributed by atoms with van der Waals surface area (Å²) < 4.78 is 0. The molecule has 7 fully saturated rings. The van der Waals surface area contributed by atoms with E-state index in [9.17, 15) is 5.26 Å². The lowest BCUT2D eigenvalue weighted by molar-refractivity contribution is 0.0159. The van der Waals surface area contributed by atoms with Gasteiger partial charge in [-0.15, -0.1) is 0 Å². The molecule has 44 heavy (non-hydrogen) atoms. The van der Waals surface area contributed by atoms with Gasteiger partial charge in [0.2, 0.25) is 0 Å². The second-order valence-electron chi connectivity index (χ2n) is 17.5. The fourth-order valence-corrected chi connectivity index (χ4v) is 12.1. The molecule has 0 amide bonds. The second-order valence-corrected chi connectivity index (χ2v) is 17.5. The van der Waals surface area contributed by atoms with Crippen LogP contribution in [0, 0.1) is 58.2 Å². The highest BCUT2D eigenvalue weighted by atomic mass is 15.6. The molecule has 0 aromatic rings. The van der Waals surface area contributed by atoms with Crippen LogP contribution in [-0.2, 0) is 0 Å². The van der Waals surface area contributed by atoms with Crippen LogP contribution < -0.4 is 10.7 Å². The van der Waals surface area contributed by atoms with E-state index in [1.807, 2.05) is 0 Å². The zero-order valence-electron chi connectivity index (χ0n) is 28.7. The Hall–Kier alpha value is -0.710. The van der Waals surface area contributed by atoms with Crippen LogP contribution in [0.3, 0.4) is 0 Å². The number of piperidine rings is 1. The Labute approximate surface area is 270 Å². The van der Waals surface area contributed by atoms with E-state index in [1.54, 1.807) is 0 Å². The predicted octanol–water partition coefficient (Wildman–Crippen LogP) is 6.29. The molecule has 2 N–H and O–H groups in total. The molecule has 4 aliphatic carbocycles. The topological polar surface area (TPSA) is 57.6 Å². The molecule has 0 radical (unpaired) electrons. The minimum absolute atomic E-state index is 0.176. The molecule has 0 bridgehead atoms.